The van der Waals surface area contributed by atoms with Crippen molar-refractivity contribution in [1.29, 1.82) is 0 Å². The van der Waals surface area contributed by atoms with Gasteiger partial charge in [0.25, 0.3) is 0 Å². The summed E-state index contributed by atoms with van der Waals surface area (Å²) in [5.41, 5.74) is 0.870. The van der Waals surface area contributed by atoms with Crippen LogP contribution in [0.15, 0.2) is 29.0 Å². The van der Waals surface area contributed by atoms with Crippen LogP contribution in [-0.2, 0) is 9.59 Å². The lowest BCUT2D eigenvalue weighted by Crippen LogP contribution is -2.60. The van der Waals surface area contributed by atoms with Crippen molar-refractivity contribution in [2.75, 3.05) is 24.5 Å². The minimum atomic E-state index is -1.02. The lowest BCUT2D eigenvalue weighted by molar-refractivity contribution is -0.148. The van der Waals surface area contributed by atoms with Gasteiger partial charge in [0.05, 0.1) is 11.6 Å². The monoisotopic (exact) mass is 390 g/mol. The van der Waals surface area contributed by atoms with Crippen LogP contribution in [0.2, 0.25) is 0 Å². The van der Waals surface area contributed by atoms with E-state index in [1.807, 2.05) is 18.2 Å². The molecule has 1 unspecified atom stereocenters. The predicted molar refractivity (Wildman–Crippen MR) is 90.7 cm³/mol. The molecule has 3 heterocycles. The van der Waals surface area contributed by atoms with Crippen LogP contribution in [0.1, 0.15) is 6.42 Å². The van der Waals surface area contributed by atoms with Gasteiger partial charge in [0, 0.05) is 29.5 Å². The second-order valence-electron chi connectivity index (χ2n) is 6.13. The number of hydrogen-bond donors (Lipinski definition) is 1. The average molecular weight is 391 g/mol. The Kier molecular flexibility index (Phi) is 3.64. The Morgan fingerprint density at radius 1 is 1.29 bits per heavy atom. The summed E-state index contributed by atoms with van der Waals surface area (Å²) in [5.74, 6) is -1.32. The van der Waals surface area contributed by atoms with Gasteiger partial charge in [-0.2, -0.15) is 0 Å². The predicted octanol–water partition coefficient (Wildman–Crippen LogP) is 1.51. The van der Waals surface area contributed by atoms with Crippen LogP contribution >= 0.6 is 15.9 Å². The molecule has 2 aliphatic heterocycles. The van der Waals surface area contributed by atoms with E-state index < -0.39 is 11.9 Å². The Morgan fingerprint density at radius 3 is 2.79 bits per heavy atom. The maximum atomic E-state index is 12.2. The molecule has 2 aliphatic rings. The van der Waals surface area contributed by atoms with Gasteiger partial charge in [0.2, 0.25) is 5.91 Å². The number of halogens is 1. The molecular formula is C16H15BrN4O3. The highest BCUT2D eigenvalue weighted by Gasteiger charge is 2.44. The first-order valence-electron chi connectivity index (χ1n) is 7.73. The third-order valence-corrected chi connectivity index (χ3v) is 5.21. The van der Waals surface area contributed by atoms with Gasteiger partial charge in [-0.05, 0) is 24.6 Å². The van der Waals surface area contributed by atoms with Crippen molar-refractivity contribution >= 4 is 44.5 Å². The van der Waals surface area contributed by atoms with Crippen molar-refractivity contribution in [3.8, 4) is 0 Å². The molecule has 4 rings (SSSR count). The highest BCUT2D eigenvalue weighted by atomic mass is 79.9. The number of fused-ring (bicyclic) bond motifs is 1. The standard InChI is InChI=1S/C16H15BrN4O3/c17-9-1-2-13-12(5-9)14(19-8-18-13)20-6-10(7-20)21-4-3-11(15(21)22)16(23)24/h1-2,5,8,10-11H,3-4,6-7H2,(H,23,24). The molecule has 2 aromatic rings. The number of benzene rings is 1. The van der Waals surface area contributed by atoms with Gasteiger partial charge in [-0.15, -0.1) is 0 Å². The number of amides is 1. The third-order valence-electron chi connectivity index (χ3n) is 4.72. The topological polar surface area (TPSA) is 86.6 Å². The second-order valence-corrected chi connectivity index (χ2v) is 7.04. The Bertz CT molecular complexity index is 837. The van der Waals surface area contributed by atoms with Gasteiger partial charge < -0.3 is 14.9 Å². The summed E-state index contributed by atoms with van der Waals surface area (Å²) in [7, 11) is 0. The molecule has 1 amide bonds. The fourth-order valence-corrected chi connectivity index (χ4v) is 3.75. The van der Waals surface area contributed by atoms with Gasteiger partial charge in [-0.3, -0.25) is 9.59 Å². The lowest BCUT2D eigenvalue weighted by Gasteiger charge is -2.44. The van der Waals surface area contributed by atoms with E-state index in [2.05, 4.69) is 30.8 Å². The SMILES string of the molecule is O=C(O)C1CCN(C2CN(c3ncnc4ccc(Br)cc34)C2)C1=O. The number of aliphatic carboxylic acids is 1. The Morgan fingerprint density at radius 2 is 2.08 bits per heavy atom. The number of carboxylic acid groups (broad SMARTS) is 1. The summed E-state index contributed by atoms with van der Waals surface area (Å²) in [4.78, 5) is 35.7. The first kappa shape index (κ1) is 15.3. The van der Waals surface area contributed by atoms with Crippen LogP contribution in [0.4, 0.5) is 5.82 Å². The van der Waals surface area contributed by atoms with E-state index in [9.17, 15) is 9.59 Å². The van der Waals surface area contributed by atoms with Crippen molar-refractivity contribution in [1.82, 2.24) is 14.9 Å². The number of carbonyl (C=O) groups is 2. The fourth-order valence-electron chi connectivity index (χ4n) is 3.39. The van der Waals surface area contributed by atoms with E-state index in [4.69, 9.17) is 5.11 Å². The molecule has 24 heavy (non-hydrogen) atoms. The van der Waals surface area contributed by atoms with Crippen LogP contribution in [0.5, 0.6) is 0 Å². The molecule has 1 atom stereocenters. The number of hydrogen-bond acceptors (Lipinski definition) is 5. The van der Waals surface area contributed by atoms with Crippen LogP contribution in [-0.4, -0.2) is 57.5 Å². The van der Waals surface area contributed by atoms with Crippen molar-refractivity contribution in [2.45, 2.75) is 12.5 Å². The second kappa shape index (κ2) is 5.70. The quantitative estimate of drug-likeness (QED) is 0.799. The zero-order valence-electron chi connectivity index (χ0n) is 12.7. The molecule has 0 bridgehead atoms. The number of rotatable bonds is 3. The number of likely N-dealkylation sites (tertiary alicyclic amines) is 1. The zero-order valence-corrected chi connectivity index (χ0v) is 14.3. The molecule has 0 spiro atoms. The Labute approximate surface area is 146 Å². The summed E-state index contributed by atoms with van der Waals surface area (Å²) >= 11 is 3.47. The van der Waals surface area contributed by atoms with E-state index >= 15 is 0 Å². The van der Waals surface area contributed by atoms with Gasteiger partial charge >= 0.3 is 5.97 Å². The molecule has 1 N–H and O–H groups in total. The van der Waals surface area contributed by atoms with Crippen molar-refractivity contribution < 1.29 is 14.7 Å². The van der Waals surface area contributed by atoms with E-state index in [0.717, 1.165) is 21.2 Å². The minimum Gasteiger partial charge on any atom is -0.481 e. The molecule has 2 fully saturated rings. The van der Waals surface area contributed by atoms with Crippen LogP contribution < -0.4 is 4.90 Å². The van der Waals surface area contributed by atoms with Gasteiger partial charge in [-0.1, -0.05) is 15.9 Å². The highest BCUT2D eigenvalue weighted by molar-refractivity contribution is 9.10. The van der Waals surface area contributed by atoms with Gasteiger partial charge in [-0.25, -0.2) is 9.97 Å². The minimum absolute atomic E-state index is 0.0546. The first-order chi connectivity index (χ1) is 11.5. The fraction of sp³-hybridized carbons (Fsp3) is 0.375. The van der Waals surface area contributed by atoms with Crippen molar-refractivity contribution in [3.05, 3.63) is 29.0 Å². The van der Waals surface area contributed by atoms with Gasteiger partial charge in [0.1, 0.15) is 18.1 Å². The molecule has 0 radical (unpaired) electrons. The number of anilines is 1. The summed E-state index contributed by atoms with van der Waals surface area (Å²) in [6.07, 6.45) is 1.94. The molecule has 124 valence electrons. The number of nitrogens with zero attached hydrogens (tertiary/aromatic N) is 4. The summed E-state index contributed by atoms with van der Waals surface area (Å²) in [5, 5.41) is 10.0. The third kappa shape index (κ3) is 2.41. The summed E-state index contributed by atoms with van der Waals surface area (Å²) in [6, 6.07) is 5.91. The largest absolute Gasteiger partial charge is 0.481 e. The Hall–Kier alpha value is -2.22. The molecule has 7 nitrogen and oxygen atoms in total. The van der Waals surface area contributed by atoms with E-state index in [1.165, 1.54) is 0 Å². The highest BCUT2D eigenvalue weighted by Crippen LogP contribution is 2.32. The maximum Gasteiger partial charge on any atom is 0.316 e. The smallest absolute Gasteiger partial charge is 0.316 e. The maximum absolute atomic E-state index is 12.2. The summed E-state index contributed by atoms with van der Waals surface area (Å²) in [6.45, 7) is 1.85. The van der Waals surface area contributed by atoms with Crippen molar-refractivity contribution in [3.63, 3.8) is 0 Å². The number of carbonyl (C=O) groups excluding carboxylic acids is 1. The van der Waals surface area contributed by atoms with Crippen LogP contribution in [0.3, 0.4) is 0 Å². The molecule has 0 saturated carbocycles. The molecule has 1 aromatic heterocycles. The molecule has 1 aromatic carbocycles. The number of aromatic nitrogens is 2. The van der Waals surface area contributed by atoms with Gasteiger partial charge in [0.15, 0.2) is 0 Å². The first-order valence-corrected chi connectivity index (χ1v) is 8.52. The van der Waals surface area contributed by atoms with Crippen LogP contribution in [0, 0.1) is 5.92 Å². The lowest BCUT2D eigenvalue weighted by atomic mass is 10.1. The molecular weight excluding hydrogens is 376 g/mol. The molecule has 2 saturated heterocycles. The van der Waals surface area contributed by atoms with E-state index in [0.29, 0.717) is 26.1 Å². The Balaban J connectivity index is 1.52. The summed E-state index contributed by atoms with van der Waals surface area (Å²) < 4.78 is 0.960. The normalized spacial score (nSPS) is 21.4. The number of carboxylic acids is 1. The zero-order chi connectivity index (χ0) is 16.8. The van der Waals surface area contributed by atoms with Crippen molar-refractivity contribution in [2.24, 2.45) is 5.92 Å². The van der Waals surface area contributed by atoms with E-state index in [1.54, 1.807) is 11.2 Å². The van der Waals surface area contributed by atoms with Crippen LogP contribution in [0.25, 0.3) is 10.9 Å². The molecule has 0 aliphatic carbocycles. The molecule has 8 heteroatoms. The van der Waals surface area contributed by atoms with E-state index in [-0.39, 0.29) is 11.9 Å². The average Bonchev–Trinajstić information content (AvgIpc) is 2.88.